The molecular weight excluding hydrogens is 244 g/mol. The average Bonchev–Trinajstić information content (AvgIpc) is 2.93. The lowest BCUT2D eigenvalue weighted by Crippen LogP contribution is -2.28. The zero-order valence-corrected chi connectivity index (χ0v) is 10.7. The minimum absolute atomic E-state index is 0.213. The molecule has 100 valence electrons. The van der Waals surface area contributed by atoms with E-state index in [4.69, 9.17) is 4.42 Å². The summed E-state index contributed by atoms with van der Waals surface area (Å²) in [5, 5.41) is 5.76. The van der Waals surface area contributed by atoms with E-state index in [1.54, 1.807) is 24.5 Å². The largest absolute Gasteiger partial charge is 0.456 e. The Morgan fingerprint density at radius 3 is 2.74 bits per heavy atom. The lowest BCUT2D eigenvalue weighted by molar-refractivity contribution is 0.0926. The number of furan rings is 1. The standard InChI is InChI=1S/C13H16N4O2/c1-2-10-4-5-11(19-10)12(18)14-8-9-17-13-15-6-3-7-16-13/h3-7H,2,8-9H2,1H3,(H,14,18)(H,15,16,17). The molecule has 6 heteroatoms. The Kier molecular flexibility index (Phi) is 4.49. The quantitative estimate of drug-likeness (QED) is 0.769. The molecule has 0 fully saturated rings. The molecule has 0 bridgehead atoms. The van der Waals surface area contributed by atoms with Crippen LogP contribution in [0.1, 0.15) is 23.2 Å². The van der Waals surface area contributed by atoms with Gasteiger partial charge in [0.15, 0.2) is 5.76 Å². The van der Waals surface area contributed by atoms with E-state index >= 15 is 0 Å². The minimum atomic E-state index is -0.213. The van der Waals surface area contributed by atoms with Gasteiger partial charge in [-0.2, -0.15) is 0 Å². The average molecular weight is 260 g/mol. The van der Waals surface area contributed by atoms with Gasteiger partial charge in [0.25, 0.3) is 5.91 Å². The molecule has 0 aliphatic carbocycles. The summed E-state index contributed by atoms with van der Waals surface area (Å²) in [6.45, 7) is 3.00. The summed E-state index contributed by atoms with van der Waals surface area (Å²) in [6, 6.07) is 5.24. The fourth-order valence-electron chi connectivity index (χ4n) is 1.52. The van der Waals surface area contributed by atoms with Gasteiger partial charge in [-0.05, 0) is 18.2 Å². The van der Waals surface area contributed by atoms with Gasteiger partial charge in [0.05, 0.1) is 0 Å². The van der Waals surface area contributed by atoms with Crippen molar-refractivity contribution in [1.82, 2.24) is 15.3 Å². The number of carbonyl (C=O) groups excluding carboxylic acids is 1. The molecule has 0 saturated carbocycles. The number of hydrogen-bond acceptors (Lipinski definition) is 5. The fourth-order valence-corrected chi connectivity index (χ4v) is 1.52. The summed E-state index contributed by atoms with van der Waals surface area (Å²) in [5.74, 6) is 1.48. The first kappa shape index (κ1) is 13.1. The molecule has 2 aromatic heterocycles. The molecule has 2 aromatic rings. The van der Waals surface area contributed by atoms with Gasteiger partial charge in [-0.25, -0.2) is 9.97 Å². The first-order valence-electron chi connectivity index (χ1n) is 6.17. The summed E-state index contributed by atoms with van der Waals surface area (Å²) in [4.78, 5) is 19.8. The predicted molar refractivity (Wildman–Crippen MR) is 70.9 cm³/mol. The molecule has 0 radical (unpaired) electrons. The van der Waals surface area contributed by atoms with Crippen LogP contribution in [0.15, 0.2) is 35.0 Å². The Bertz CT molecular complexity index is 524. The fraction of sp³-hybridized carbons (Fsp3) is 0.308. The van der Waals surface area contributed by atoms with Crippen molar-refractivity contribution in [3.63, 3.8) is 0 Å². The number of aryl methyl sites for hydroxylation is 1. The monoisotopic (exact) mass is 260 g/mol. The second kappa shape index (κ2) is 6.53. The maximum atomic E-state index is 11.7. The highest BCUT2D eigenvalue weighted by molar-refractivity contribution is 5.91. The minimum Gasteiger partial charge on any atom is -0.456 e. The lowest BCUT2D eigenvalue weighted by atomic mass is 10.3. The molecule has 19 heavy (non-hydrogen) atoms. The number of hydrogen-bond donors (Lipinski definition) is 2. The van der Waals surface area contributed by atoms with Gasteiger partial charge in [-0.15, -0.1) is 0 Å². The third-order valence-electron chi connectivity index (χ3n) is 2.49. The topological polar surface area (TPSA) is 80.0 Å². The number of amides is 1. The van der Waals surface area contributed by atoms with Gasteiger partial charge in [-0.3, -0.25) is 4.79 Å². The van der Waals surface area contributed by atoms with Gasteiger partial charge in [-0.1, -0.05) is 6.92 Å². The third-order valence-corrected chi connectivity index (χ3v) is 2.49. The van der Waals surface area contributed by atoms with Gasteiger partial charge in [0.2, 0.25) is 5.95 Å². The molecule has 0 aliphatic heterocycles. The van der Waals surface area contributed by atoms with Gasteiger partial charge in [0, 0.05) is 31.9 Å². The van der Waals surface area contributed by atoms with Crippen molar-refractivity contribution in [2.24, 2.45) is 0 Å². The molecule has 0 aromatic carbocycles. The van der Waals surface area contributed by atoms with Crippen LogP contribution >= 0.6 is 0 Å². The van der Waals surface area contributed by atoms with Crippen molar-refractivity contribution in [3.05, 3.63) is 42.1 Å². The molecule has 0 spiro atoms. The van der Waals surface area contributed by atoms with E-state index in [0.717, 1.165) is 12.2 Å². The van der Waals surface area contributed by atoms with Crippen molar-refractivity contribution in [3.8, 4) is 0 Å². The van der Waals surface area contributed by atoms with Crippen LogP contribution in [-0.2, 0) is 6.42 Å². The molecule has 0 saturated heterocycles. The van der Waals surface area contributed by atoms with Crippen LogP contribution in [0, 0.1) is 0 Å². The lowest BCUT2D eigenvalue weighted by Gasteiger charge is -2.05. The number of anilines is 1. The molecule has 1 amide bonds. The van der Waals surface area contributed by atoms with Crippen molar-refractivity contribution in [2.45, 2.75) is 13.3 Å². The Morgan fingerprint density at radius 1 is 1.26 bits per heavy atom. The Balaban J connectivity index is 1.72. The van der Waals surface area contributed by atoms with E-state index in [1.807, 2.05) is 13.0 Å². The van der Waals surface area contributed by atoms with Crippen molar-refractivity contribution < 1.29 is 9.21 Å². The highest BCUT2D eigenvalue weighted by Crippen LogP contribution is 2.07. The zero-order chi connectivity index (χ0) is 13.5. The molecule has 2 rings (SSSR count). The number of rotatable bonds is 6. The zero-order valence-electron chi connectivity index (χ0n) is 10.7. The third kappa shape index (κ3) is 3.80. The van der Waals surface area contributed by atoms with Crippen LogP contribution in [0.2, 0.25) is 0 Å². The van der Waals surface area contributed by atoms with E-state index in [-0.39, 0.29) is 5.91 Å². The van der Waals surface area contributed by atoms with Crippen LogP contribution in [0.5, 0.6) is 0 Å². The van der Waals surface area contributed by atoms with Crippen LogP contribution < -0.4 is 10.6 Å². The number of aromatic nitrogens is 2. The Hall–Kier alpha value is -2.37. The predicted octanol–water partition coefficient (Wildman–Crippen LogP) is 1.47. The summed E-state index contributed by atoms with van der Waals surface area (Å²) < 4.78 is 5.35. The van der Waals surface area contributed by atoms with Crippen LogP contribution in [-0.4, -0.2) is 29.0 Å². The summed E-state index contributed by atoms with van der Waals surface area (Å²) >= 11 is 0. The second-order valence-electron chi connectivity index (χ2n) is 3.87. The molecule has 0 atom stereocenters. The molecule has 0 aliphatic rings. The first-order valence-corrected chi connectivity index (χ1v) is 6.17. The molecule has 2 N–H and O–H groups in total. The van der Waals surface area contributed by atoms with Crippen molar-refractivity contribution >= 4 is 11.9 Å². The van der Waals surface area contributed by atoms with E-state index in [1.165, 1.54) is 0 Å². The second-order valence-corrected chi connectivity index (χ2v) is 3.87. The summed E-state index contributed by atoms with van der Waals surface area (Å²) in [7, 11) is 0. The number of nitrogens with zero attached hydrogens (tertiary/aromatic N) is 2. The van der Waals surface area contributed by atoms with Gasteiger partial charge >= 0.3 is 0 Å². The molecular formula is C13H16N4O2. The van der Waals surface area contributed by atoms with Gasteiger partial charge < -0.3 is 15.1 Å². The molecule has 2 heterocycles. The normalized spacial score (nSPS) is 10.2. The number of carbonyl (C=O) groups is 1. The first-order chi connectivity index (χ1) is 9.29. The Morgan fingerprint density at radius 2 is 2.05 bits per heavy atom. The van der Waals surface area contributed by atoms with E-state index in [2.05, 4.69) is 20.6 Å². The van der Waals surface area contributed by atoms with E-state index in [9.17, 15) is 4.79 Å². The summed E-state index contributed by atoms with van der Waals surface area (Å²) in [6.07, 6.45) is 4.09. The highest BCUT2D eigenvalue weighted by Gasteiger charge is 2.09. The Labute approximate surface area is 111 Å². The molecule has 6 nitrogen and oxygen atoms in total. The van der Waals surface area contributed by atoms with Crippen LogP contribution in [0.25, 0.3) is 0 Å². The smallest absolute Gasteiger partial charge is 0.287 e. The van der Waals surface area contributed by atoms with Gasteiger partial charge in [0.1, 0.15) is 5.76 Å². The number of nitrogens with one attached hydrogen (secondary N) is 2. The maximum Gasteiger partial charge on any atom is 0.287 e. The van der Waals surface area contributed by atoms with E-state index in [0.29, 0.717) is 24.8 Å². The van der Waals surface area contributed by atoms with Crippen LogP contribution in [0.4, 0.5) is 5.95 Å². The van der Waals surface area contributed by atoms with Crippen molar-refractivity contribution in [2.75, 3.05) is 18.4 Å². The maximum absolute atomic E-state index is 11.7. The molecule has 0 unspecified atom stereocenters. The van der Waals surface area contributed by atoms with E-state index < -0.39 is 0 Å². The highest BCUT2D eigenvalue weighted by atomic mass is 16.3. The SMILES string of the molecule is CCc1ccc(C(=O)NCCNc2ncccn2)o1. The van der Waals surface area contributed by atoms with Crippen molar-refractivity contribution in [1.29, 1.82) is 0 Å². The summed E-state index contributed by atoms with van der Waals surface area (Å²) in [5.41, 5.74) is 0. The van der Waals surface area contributed by atoms with Crippen LogP contribution in [0.3, 0.4) is 0 Å².